The number of carbonyl (C=O) groups is 1. The molecule has 1 unspecified atom stereocenters. The predicted molar refractivity (Wildman–Crippen MR) is 65.0 cm³/mol. The number of nitrogens with one attached hydrogen (secondary N) is 1. The number of nitrogens with zero attached hydrogens (tertiary/aromatic N) is 1. The summed E-state index contributed by atoms with van der Waals surface area (Å²) < 4.78 is 10.7. The Morgan fingerprint density at radius 2 is 2.39 bits per heavy atom. The first kappa shape index (κ1) is 12.9. The summed E-state index contributed by atoms with van der Waals surface area (Å²) in [6.45, 7) is 2.55. The van der Waals surface area contributed by atoms with E-state index in [-0.39, 0.29) is 12.0 Å². The van der Waals surface area contributed by atoms with Crippen molar-refractivity contribution in [2.24, 2.45) is 5.73 Å². The van der Waals surface area contributed by atoms with E-state index in [1.165, 1.54) is 0 Å². The van der Waals surface area contributed by atoms with Crippen LogP contribution in [0.25, 0.3) is 0 Å². The van der Waals surface area contributed by atoms with Gasteiger partial charge in [-0.15, -0.1) is 0 Å². The minimum Gasteiger partial charge on any atom is -0.376 e. The zero-order valence-corrected chi connectivity index (χ0v) is 10.1. The maximum atomic E-state index is 11.8. The van der Waals surface area contributed by atoms with Crippen molar-refractivity contribution in [2.75, 3.05) is 26.4 Å². The fourth-order valence-corrected chi connectivity index (χ4v) is 1.63. The second kappa shape index (κ2) is 6.44. The second-order valence-electron chi connectivity index (χ2n) is 4.03. The van der Waals surface area contributed by atoms with Gasteiger partial charge in [0.05, 0.1) is 25.9 Å². The maximum absolute atomic E-state index is 11.8. The van der Waals surface area contributed by atoms with Crippen LogP contribution in [0.5, 0.6) is 0 Å². The summed E-state index contributed by atoms with van der Waals surface area (Å²) in [7, 11) is 0. The highest BCUT2D eigenvalue weighted by Gasteiger charge is 2.16. The van der Waals surface area contributed by atoms with Gasteiger partial charge in [0.25, 0.3) is 5.91 Å². The van der Waals surface area contributed by atoms with E-state index in [4.69, 9.17) is 15.2 Å². The standard InChI is InChI=1S/C12H17N3O3/c13-5-9-1-2-11(14-6-9)12(16)15-7-10-8-17-3-4-18-10/h1-2,6,10H,3-5,7-8,13H2,(H,15,16). The van der Waals surface area contributed by atoms with Gasteiger partial charge in [-0.1, -0.05) is 6.07 Å². The van der Waals surface area contributed by atoms with Crippen LogP contribution < -0.4 is 11.1 Å². The Labute approximate surface area is 105 Å². The molecule has 2 heterocycles. The molecule has 18 heavy (non-hydrogen) atoms. The van der Waals surface area contributed by atoms with E-state index in [0.29, 0.717) is 38.6 Å². The third-order valence-corrected chi connectivity index (χ3v) is 2.67. The average molecular weight is 251 g/mol. The van der Waals surface area contributed by atoms with Crippen LogP contribution in [-0.4, -0.2) is 43.4 Å². The van der Waals surface area contributed by atoms with Crippen molar-refractivity contribution < 1.29 is 14.3 Å². The fourth-order valence-electron chi connectivity index (χ4n) is 1.63. The molecule has 1 aliphatic heterocycles. The molecule has 1 fully saturated rings. The van der Waals surface area contributed by atoms with Crippen LogP contribution in [0.2, 0.25) is 0 Å². The van der Waals surface area contributed by atoms with Gasteiger partial charge in [0.1, 0.15) is 5.69 Å². The molecular weight excluding hydrogens is 234 g/mol. The molecule has 0 bridgehead atoms. The van der Waals surface area contributed by atoms with Gasteiger partial charge in [-0.25, -0.2) is 0 Å². The summed E-state index contributed by atoms with van der Waals surface area (Å²) in [6.07, 6.45) is 1.53. The third-order valence-electron chi connectivity index (χ3n) is 2.67. The first-order valence-electron chi connectivity index (χ1n) is 5.92. The molecule has 1 saturated heterocycles. The van der Waals surface area contributed by atoms with Crippen molar-refractivity contribution in [2.45, 2.75) is 12.6 Å². The van der Waals surface area contributed by atoms with Crippen molar-refractivity contribution in [3.05, 3.63) is 29.6 Å². The Bertz CT molecular complexity index is 388. The summed E-state index contributed by atoms with van der Waals surface area (Å²) >= 11 is 0. The van der Waals surface area contributed by atoms with Crippen LogP contribution in [-0.2, 0) is 16.0 Å². The van der Waals surface area contributed by atoms with E-state index in [0.717, 1.165) is 5.56 Å². The number of hydrogen-bond donors (Lipinski definition) is 2. The lowest BCUT2D eigenvalue weighted by atomic mass is 10.2. The Balaban J connectivity index is 1.82. The van der Waals surface area contributed by atoms with Crippen LogP contribution in [0.4, 0.5) is 0 Å². The largest absolute Gasteiger partial charge is 0.376 e. The molecule has 0 spiro atoms. The minimum absolute atomic E-state index is 0.0778. The van der Waals surface area contributed by atoms with Crippen molar-refractivity contribution in [3.8, 4) is 0 Å². The van der Waals surface area contributed by atoms with E-state index in [1.54, 1.807) is 18.3 Å². The van der Waals surface area contributed by atoms with Crippen molar-refractivity contribution in [1.29, 1.82) is 0 Å². The Morgan fingerprint density at radius 1 is 1.50 bits per heavy atom. The fraction of sp³-hybridized carbons (Fsp3) is 0.500. The number of rotatable bonds is 4. The molecule has 1 atom stereocenters. The second-order valence-corrected chi connectivity index (χ2v) is 4.03. The molecule has 1 amide bonds. The summed E-state index contributed by atoms with van der Waals surface area (Å²) in [5.74, 6) is -0.215. The van der Waals surface area contributed by atoms with Crippen LogP contribution in [0.1, 0.15) is 16.1 Å². The molecule has 6 heteroatoms. The monoisotopic (exact) mass is 251 g/mol. The molecular formula is C12H17N3O3. The van der Waals surface area contributed by atoms with Gasteiger partial charge in [0.15, 0.2) is 0 Å². The molecule has 1 aromatic rings. The number of pyridine rings is 1. The zero-order valence-electron chi connectivity index (χ0n) is 10.1. The van der Waals surface area contributed by atoms with Gasteiger partial charge >= 0.3 is 0 Å². The van der Waals surface area contributed by atoms with E-state index in [2.05, 4.69) is 10.3 Å². The number of aromatic nitrogens is 1. The maximum Gasteiger partial charge on any atom is 0.269 e. The number of carbonyl (C=O) groups excluding carboxylic acids is 1. The molecule has 1 aromatic heterocycles. The van der Waals surface area contributed by atoms with Gasteiger partial charge in [-0.3, -0.25) is 9.78 Å². The molecule has 0 saturated carbocycles. The molecule has 2 rings (SSSR count). The number of amides is 1. The van der Waals surface area contributed by atoms with Crippen molar-refractivity contribution >= 4 is 5.91 Å². The molecule has 6 nitrogen and oxygen atoms in total. The Morgan fingerprint density at radius 3 is 3.00 bits per heavy atom. The zero-order chi connectivity index (χ0) is 12.8. The van der Waals surface area contributed by atoms with Gasteiger partial charge < -0.3 is 20.5 Å². The van der Waals surface area contributed by atoms with Gasteiger partial charge in [0, 0.05) is 19.3 Å². The lowest BCUT2D eigenvalue weighted by Crippen LogP contribution is -2.39. The molecule has 0 aromatic carbocycles. The van der Waals surface area contributed by atoms with Crippen LogP contribution in [0.15, 0.2) is 18.3 Å². The third kappa shape index (κ3) is 3.49. The molecule has 0 aliphatic carbocycles. The van der Waals surface area contributed by atoms with E-state index in [1.807, 2.05) is 0 Å². The highest BCUT2D eigenvalue weighted by atomic mass is 16.6. The highest BCUT2D eigenvalue weighted by molar-refractivity contribution is 5.92. The van der Waals surface area contributed by atoms with E-state index in [9.17, 15) is 4.79 Å². The smallest absolute Gasteiger partial charge is 0.269 e. The Kier molecular flexibility index (Phi) is 4.63. The van der Waals surface area contributed by atoms with Gasteiger partial charge in [0.2, 0.25) is 0 Å². The SMILES string of the molecule is NCc1ccc(C(=O)NCC2COCCO2)nc1. The lowest BCUT2D eigenvalue weighted by molar-refractivity contribution is -0.0855. The summed E-state index contributed by atoms with van der Waals surface area (Å²) in [6, 6.07) is 3.46. The highest BCUT2D eigenvalue weighted by Crippen LogP contribution is 2.01. The normalized spacial score (nSPS) is 19.5. The van der Waals surface area contributed by atoms with Crippen LogP contribution >= 0.6 is 0 Å². The first-order valence-corrected chi connectivity index (χ1v) is 5.92. The van der Waals surface area contributed by atoms with Crippen LogP contribution in [0.3, 0.4) is 0 Å². The van der Waals surface area contributed by atoms with Crippen molar-refractivity contribution in [1.82, 2.24) is 10.3 Å². The van der Waals surface area contributed by atoms with Gasteiger partial charge in [-0.2, -0.15) is 0 Å². The average Bonchev–Trinajstić information content (AvgIpc) is 2.46. The Hall–Kier alpha value is -1.50. The predicted octanol–water partition coefficient (Wildman–Crippen LogP) is -0.314. The summed E-state index contributed by atoms with van der Waals surface area (Å²) in [5.41, 5.74) is 6.74. The van der Waals surface area contributed by atoms with E-state index >= 15 is 0 Å². The van der Waals surface area contributed by atoms with Gasteiger partial charge in [-0.05, 0) is 11.6 Å². The van der Waals surface area contributed by atoms with Crippen molar-refractivity contribution in [3.63, 3.8) is 0 Å². The summed E-state index contributed by atoms with van der Waals surface area (Å²) in [4.78, 5) is 15.8. The number of nitrogens with two attached hydrogens (primary N) is 1. The molecule has 0 radical (unpaired) electrons. The lowest BCUT2D eigenvalue weighted by Gasteiger charge is -2.22. The molecule has 1 aliphatic rings. The van der Waals surface area contributed by atoms with E-state index < -0.39 is 0 Å². The number of ether oxygens (including phenoxy) is 2. The quantitative estimate of drug-likeness (QED) is 0.766. The topological polar surface area (TPSA) is 86.5 Å². The molecule has 3 N–H and O–H groups in total. The number of hydrogen-bond acceptors (Lipinski definition) is 5. The minimum atomic E-state index is -0.215. The van der Waals surface area contributed by atoms with Crippen LogP contribution in [0, 0.1) is 0 Å². The summed E-state index contributed by atoms with van der Waals surface area (Å²) in [5, 5.41) is 2.77. The molecule has 98 valence electrons. The first-order chi connectivity index (χ1) is 8.79.